The van der Waals surface area contributed by atoms with Gasteiger partial charge in [0.05, 0.1) is 0 Å². The molecule has 0 bridgehead atoms. The van der Waals surface area contributed by atoms with Crippen LogP contribution in [-0.2, 0) is 0 Å². The summed E-state index contributed by atoms with van der Waals surface area (Å²) in [5.74, 6) is 0.744. The lowest BCUT2D eigenvalue weighted by molar-refractivity contribution is 0.0869. The highest BCUT2D eigenvalue weighted by Crippen LogP contribution is 2.33. The topological polar surface area (TPSA) is 17.1 Å². The summed E-state index contributed by atoms with van der Waals surface area (Å²) in [5, 5.41) is 0. The van der Waals surface area contributed by atoms with Crippen molar-refractivity contribution in [3.63, 3.8) is 0 Å². The molecule has 0 spiro atoms. The zero-order valence-electron chi connectivity index (χ0n) is 12.6. The molecule has 1 fully saturated rings. The highest BCUT2D eigenvalue weighted by atomic mass is 19.1. The molecule has 0 aliphatic heterocycles. The van der Waals surface area contributed by atoms with E-state index in [-0.39, 0.29) is 17.5 Å². The summed E-state index contributed by atoms with van der Waals surface area (Å²) in [5.41, 5.74) is 1.38. The van der Waals surface area contributed by atoms with Gasteiger partial charge in [-0.25, -0.2) is 4.39 Å². The lowest BCUT2D eigenvalue weighted by Crippen LogP contribution is -2.22. The van der Waals surface area contributed by atoms with Crippen molar-refractivity contribution in [3.8, 4) is 0 Å². The number of hydrogen-bond donors (Lipinski definition) is 0. The third-order valence-electron chi connectivity index (χ3n) is 4.51. The molecule has 0 radical (unpaired) electrons. The van der Waals surface area contributed by atoms with E-state index in [0.29, 0.717) is 5.56 Å². The van der Waals surface area contributed by atoms with Crippen LogP contribution >= 0.6 is 0 Å². The summed E-state index contributed by atoms with van der Waals surface area (Å²) < 4.78 is 13.4. The minimum Gasteiger partial charge on any atom is -0.294 e. The molecule has 1 aromatic carbocycles. The maximum absolute atomic E-state index is 13.4. The second-order valence-corrected chi connectivity index (χ2v) is 6.24. The minimum atomic E-state index is -0.301. The van der Waals surface area contributed by atoms with Crippen molar-refractivity contribution in [1.82, 2.24) is 0 Å². The molecule has 0 unspecified atom stereocenters. The Morgan fingerprint density at radius 1 is 1.20 bits per heavy atom. The van der Waals surface area contributed by atoms with Gasteiger partial charge in [-0.1, -0.05) is 26.2 Å². The molecule has 1 aromatic rings. The van der Waals surface area contributed by atoms with Crippen molar-refractivity contribution in [3.05, 3.63) is 35.1 Å². The standard InChI is InChI=1S/C18H25FO/c1-3-4-5-14-6-8-15(9-7-14)18(20)16-10-13(2)11-17(19)12-16/h10-12,14-15H,3-9H2,1-2H3. The van der Waals surface area contributed by atoms with Crippen LogP contribution in [0.15, 0.2) is 18.2 Å². The number of benzene rings is 1. The number of carbonyl (C=O) groups excluding carboxylic acids is 1. The molecule has 1 saturated carbocycles. The van der Waals surface area contributed by atoms with E-state index in [1.165, 1.54) is 31.4 Å². The number of halogens is 1. The average molecular weight is 276 g/mol. The Morgan fingerprint density at radius 2 is 1.90 bits per heavy atom. The van der Waals surface area contributed by atoms with E-state index in [1.54, 1.807) is 0 Å². The van der Waals surface area contributed by atoms with Gasteiger partial charge in [0.25, 0.3) is 0 Å². The van der Waals surface area contributed by atoms with Gasteiger partial charge >= 0.3 is 0 Å². The minimum absolute atomic E-state index is 0.106. The van der Waals surface area contributed by atoms with Crippen molar-refractivity contribution in [2.75, 3.05) is 0 Å². The lowest BCUT2D eigenvalue weighted by atomic mass is 9.77. The first kappa shape index (κ1) is 15.2. The SMILES string of the molecule is CCCCC1CCC(C(=O)c2cc(C)cc(F)c2)CC1. The number of Topliss-reactive ketones (excluding diaryl/α,β-unsaturated/α-hetero) is 1. The Morgan fingerprint density at radius 3 is 2.50 bits per heavy atom. The number of hydrogen-bond acceptors (Lipinski definition) is 1. The van der Waals surface area contributed by atoms with Crippen LogP contribution < -0.4 is 0 Å². The fourth-order valence-corrected chi connectivity index (χ4v) is 3.32. The maximum atomic E-state index is 13.4. The van der Waals surface area contributed by atoms with Gasteiger partial charge < -0.3 is 0 Å². The first-order valence-corrected chi connectivity index (χ1v) is 7.91. The Kier molecular flexibility index (Phi) is 5.33. The predicted molar refractivity (Wildman–Crippen MR) is 80.4 cm³/mol. The summed E-state index contributed by atoms with van der Waals surface area (Å²) in [6.45, 7) is 4.06. The van der Waals surface area contributed by atoms with Gasteiger partial charge in [-0.15, -0.1) is 0 Å². The smallest absolute Gasteiger partial charge is 0.166 e. The summed E-state index contributed by atoms with van der Waals surface area (Å²) in [6.07, 6.45) is 8.12. The van der Waals surface area contributed by atoms with Crippen molar-refractivity contribution in [1.29, 1.82) is 0 Å². The van der Waals surface area contributed by atoms with E-state index in [9.17, 15) is 9.18 Å². The Balaban J connectivity index is 1.94. The second-order valence-electron chi connectivity index (χ2n) is 6.24. The van der Waals surface area contributed by atoms with E-state index in [4.69, 9.17) is 0 Å². The quantitative estimate of drug-likeness (QED) is 0.666. The van der Waals surface area contributed by atoms with E-state index >= 15 is 0 Å². The molecule has 0 N–H and O–H groups in total. The normalized spacial score (nSPS) is 22.8. The van der Waals surface area contributed by atoms with E-state index in [2.05, 4.69) is 6.92 Å². The van der Waals surface area contributed by atoms with E-state index < -0.39 is 0 Å². The predicted octanol–water partition coefficient (Wildman–Crippen LogP) is 5.31. The number of unbranched alkanes of at least 4 members (excludes halogenated alkanes) is 1. The second kappa shape index (κ2) is 7.01. The zero-order valence-corrected chi connectivity index (χ0v) is 12.6. The summed E-state index contributed by atoms with van der Waals surface area (Å²) in [4.78, 5) is 12.5. The third kappa shape index (κ3) is 3.91. The molecule has 0 amide bonds. The van der Waals surface area contributed by atoms with Gasteiger partial charge in [-0.3, -0.25) is 4.79 Å². The van der Waals surface area contributed by atoms with Gasteiger partial charge in [-0.05, 0) is 62.3 Å². The fraction of sp³-hybridized carbons (Fsp3) is 0.611. The van der Waals surface area contributed by atoms with Crippen molar-refractivity contribution < 1.29 is 9.18 Å². The van der Waals surface area contributed by atoms with Gasteiger partial charge in [0.1, 0.15) is 5.82 Å². The molecule has 2 rings (SSSR count). The largest absolute Gasteiger partial charge is 0.294 e. The van der Waals surface area contributed by atoms with Crippen molar-refractivity contribution in [2.24, 2.45) is 11.8 Å². The van der Waals surface area contributed by atoms with Gasteiger partial charge in [0, 0.05) is 11.5 Å². The number of carbonyl (C=O) groups is 1. The van der Waals surface area contributed by atoms with Crippen LogP contribution in [0.1, 0.15) is 67.8 Å². The van der Waals surface area contributed by atoms with Crippen LogP contribution in [0, 0.1) is 24.6 Å². The molecule has 1 aliphatic carbocycles. The van der Waals surface area contributed by atoms with Crippen LogP contribution in [-0.4, -0.2) is 5.78 Å². The average Bonchev–Trinajstić information content (AvgIpc) is 2.44. The Bertz CT molecular complexity index is 438. The fourth-order valence-electron chi connectivity index (χ4n) is 3.32. The third-order valence-corrected chi connectivity index (χ3v) is 4.51. The highest BCUT2D eigenvalue weighted by Gasteiger charge is 2.26. The van der Waals surface area contributed by atoms with Crippen LogP contribution in [0.3, 0.4) is 0 Å². The van der Waals surface area contributed by atoms with Crippen LogP contribution in [0.4, 0.5) is 4.39 Å². The van der Waals surface area contributed by atoms with Crippen LogP contribution in [0.2, 0.25) is 0 Å². The summed E-state index contributed by atoms with van der Waals surface area (Å²) in [7, 11) is 0. The molecule has 0 atom stereocenters. The van der Waals surface area contributed by atoms with Crippen LogP contribution in [0.25, 0.3) is 0 Å². The molecule has 20 heavy (non-hydrogen) atoms. The van der Waals surface area contributed by atoms with Crippen LogP contribution in [0.5, 0.6) is 0 Å². The Labute approximate surface area is 121 Å². The molecular weight excluding hydrogens is 251 g/mol. The first-order valence-electron chi connectivity index (χ1n) is 7.91. The lowest BCUT2D eigenvalue weighted by Gasteiger charge is -2.27. The number of aryl methyl sites for hydroxylation is 1. The van der Waals surface area contributed by atoms with Gasteiger partial charge in [0.15, 0.2) is 5.78 Å². The maximum Gasteiger partial charge on any atom is 0.166 e. The molecule has 110 valence electrons. The summed E-state index contributed by atoms with van der Waals surface area (Å²) in [6, 6.07) is 4.67. The zero-order chi connectivity index (χ0) is 14.5. The molecule has 1 nitrogen and oxygen atoms in total. The van der Waals surface area contributed by atoms with E-state index in [0.717, 1.165) is 37.2 Å². The van der Waals surface area contributed by atoms with E-state index in [1.807, 2.05) is 13.0 Å². The van der Waals surface area contributed by atoms with Gasteiger partial charge in [-0.2, -0.15) is 0 Å². The highest BCUT2D eigenvalue weighted by molar-refractivity contribution is 5.98. The molecular formula is C18H25FO. The van der Waals surface area contributed by atoms with Crippen molar-refractivity contribution >= 4 is 5.78 Å². The number of rotatable bonds is 5. The Hall–Kier alpha value is -1.18. The molecule has 2 heteroatoms. The number of ketones is 1. The molecule has 1 aliphatic rings. The molecule has 0 saturated heterocycles. The first-order chi connectivity index (χ1) is 9.60. The van der Waals surface area contributed by atoms with Crippen molar-refractivity contribution in [2.45, 2.75) is 58.8 Å². The van der Waals surface area contributed by atoms with Gasteiger partial charge in [0.2, 0.25) is 0 Å². The molecule has 0 aromatic heterocycles. The monoisotopic (exact) mass is 276 g/mol. The molecule has 0 heterocycles. The summed E-state index contributed by atoms with van der Waals surface area (Å²) >= 11 is 0.